The van der Waals surface area contributed by atoms with Crippen LogP contribution in [0.1, 0.15) is 11.5 Å². The summed E-state index contributed by atoms with van der Waals surface area (Å²) in [4.78, 5) is 16.4. The van der Waals surface area contributed by atoms with Gasteiger partial charge in [-0.25, -0.2) is 22.9 Å². The minimum atomic E-state index is -0.616. The first-order valence-electron chi connectivity index (χ1n) is 9.57. The molecule has 2 aromatic carbocycles. The molecule has 1 aliphatic heterocycles. The molecule has 0 spiro atoms. The van der Waals surface area contributed by atoms with E-state index in [0.717, 1.165) is 12.1 Å². The Bertz CT molecular complexity index is 1160. The van der Waals surface area contributed by atoms with Crippen molar-refractivity contribution in [1.29, 1.82) is 0 Å². The molecule has 0 saturated heterocycles. The molecular formula is C22H16F3N3O3. The van der Waals surface area contributed by atoms with Crippen molar-refractivity contribution in [2.45, 2.75) is 12.0 Å². The number of nitrogens with one attached hydrogen (secondary N) is 2. The van der Waals surface area contributed by atoms with Crippen LogP contribution in [0.5, 0.6) is 17.2 Å². The first kappa shape index (κ1) is 19.2. The largest absolute Gasteiger partial charge is 0.490 e. The summed E-state index contributed by atoms with van der Waals surface area (Å²) in [6, 6.07) is 9.98. The number of aromatic nitrogens is 1. The Kier molecular flexibility index (Phi) is 4.65. The molecule has 5 rings (SSSR count). The molecule has 1 aromatic heterocycles. The second kappa shape index (κ2) is 7.50. The minimum Gasteiger partial charge on any atom is -0.490 e. The number of carbonyl (C=O) groups is 1. The lowest BCUT2D eigenvalue weighted by Gasteiger charge is -2.16. The molecule has 2 aliphatic rings. The standard InChI is InChI=1S/C22H16F3N3O3/c23-11-2-1-3-12(8-11)31-13-4-7-17(26-9-13)27-22(29)28-20-14-10-30-21-16(25)6-5-15(24)19(21)18(14)20/h1-9,14,18,20H,10H2,(H2,26,27,28,29)/t14-,18-,20-/m1/s1. The highest BCUT2D eigenvalue weighted by atomic mass is 19.1. The number of ether oxygens (including phenoxy) is 2. The van der Waals surface area contributed by atoms with Crippen molar-refractivity contribution < 1.29 is 27.4 Å². The second-order valence-corrected chi connectivity index (χ2v) is 7.34. The van der Waals surface area contributed by atoms with Crippen molar-refractivity contribution in [2.24, 2.45) is 5.92 Å². The molecule has 1 saturated carbocycles. The van der Waals surface area contributed by atoms with Crippen LogP contribution >= 0.6 is 0 Å². The van der Waals surface area contributed by atoms with Crippen LogP contribution < -0.4 is 20.1 Å². The molecule has 158 valence electrons. The first-order chi connectivity index (χ1) is 15.0. The highest BCUT2D eigenvalue weighted by molar-refractivity contribution is 5.89. The van der Waals surface area contributed by atoms with Crippen molar-refractivity contribution in [1.82, 2.24) is 10.3 Å². The van der Waals surface area contributed by atoms with Crippen molar-refractivity contribution in [2.75, 3.05) is 11.9 Å². The van der Waals surface area contributed by atoms with Crippen molar-refractivity contribution in [3.8, 4) is 17.2 Å². The van der Waals surface area contributed by atoms with Gasteiger partial charge in [0, 0.05) is 29.5 Å². The molecule has 1 aliphatic carbocycles. The Balaban J connectivity index is 1.20. The summed E-state index contributed by atoms with van der Waals surface area (Å²) in [5.41, 5.74) is 0.165. The Labute approximate surface area is 175 Å². The molecule has 2 amide bonds. The summed E-state index contributed by atoms with van der Waals surface area (Å²) in [7, 11) is 0. The minimum absolute atomic E-state index is 0.0819. The van der Waals surface area contributed by atoms with Crippen LogP contribution in [-0.4, -0.2) is 23.7 Å². The van der Waals surface area contributed by atoms with E-state index in [1.165, 1.54) is 30.5 Å². The van der Waals surface area contributed by atoms with Crippen LogP contribution in [0.4, 0.5) is 23.8 Å². The van der Waals surface area contributed by atoms with Crippen LogP contribution in [0.3, 0.4) is 0 Å². The van der Waals surface area contributed by atoms with E-state index in [-0.39, 0.29) is 41.6 Å². The summed E-state index contributed by atoms with van der Waals surface area (Å²) < 4.78 is 52.1. The first-order valence-corrected chi connectivity index (χ1v) is 9.57. The van der Waals surface area contributed by atoms with Gasteiger partial charge in [-0.15, -0.1) is 0 Å². The van der Waals surface area contributed by atoms with E-state index < -0.39 is 23.5 Å². The summed E-state index contributed by atoms with van der Waals surface area (Å²) in [5.74, 6) is -1.16. The number of carbonyl (C=O) groups excluding carboxylic acids is 1. The van der Waals surface area contributed by atoms with E-state index in [1.807, 2.05) is 0 Å². The fraction of sp³-hybridized carbons (Fsp3) is 0.182. The zero-order valence-corrected chi connectivity index (χ0v) is 15.9. The molecule has 0 radical (unpaired) electrons. The van der Waals surface area contributed by atoms with Gasteiger partial charge in [0.1, 0.15) is 29.0 Å². The van der Waals surface area contributed by atoms with Gasteiger partial charge in [-0.05, 0) is 36.4 Å². The van der Waals surface area contributed by atoms with Crippen LogP contribution in [0.15, 0.2) is 54.7 Å². The van der Waals surface area contributed by atoms with Crippen LogP contribution in [0.25, 0.3) is 0 Å². The van der Waals surface area contributed by atoms with Crippen LogP contribution in [0.2, 0.25) is 0 Å². The molecule has 0 unspecified atom stereocenters. The Hall–Kier alpha value is -3.75. The van der Waals surface area contributed by atoms with E-state index in [9.17, 15) is 18.0 Å². The third-order valence-corrected chi connectivity index (χ3v) is 5.32. The Morgan fingerprint density at radius 2 is 1.90 bits per heavy atom. The summed E-state index contributed by atoms with van der Waals surface area (Å²) in [5, 5.41) is 5.35. The number of nitrogens with zero attached hydrogens (tertiary/aromatic N) is 1. The molecular weight excluding hydrogens is 411 g/mol. The lowest BCUT2D eigenvalue weighted by molar-refractivity contribution is 0.247. The molecule has 6 nitrogen and oxygen atoms in total. The average Bonchev–Trinajstić information content (AvgIpc) is 3.44. The lowest BCUT2D eigenvalue weighted by atomic mass is 10.0. The molecule has 1 fully saturated rings. The fourth-order valence-electron chi connectivity index (χ4n) is 3.84. The summed E-state index contributed by atoms with van der Waals surface area (Å²) >= 11 is 0. The number of halogens is 3. The predicted molar refractivity (Wildman–Crippen MR) is 105 cm³/mol. The van der Waals surface area contributed by atoms with E-state index in [1.54, 1.807) is 12.1 Å². The third kappa shape index (κ3) is 3.74. The maximum Gasteiger partial charge on any atom is 0.320 e. The highest BCUT2D eigenvalue weighted by Gasteiger charge is 2.57. The van der Waals surface area contributed by atoms with Gasteiger partial charge in [0.25, 0.3) is 0 Å². The van der Waals surface area contributed by atoms with Gasteiger partial charge >= 0.3 is 6.03 Å². The number of rotatable bonds is 4. The number of pyridine rings is 1. The smallest absolute Gasteiger partial charge is 0.320 e. The quantitative estimate of drug-likeness (QED) is 0.639. The zero-order chi connectivity index (χ0) is 21.5. The number of hydrogen-bond donors (Lipinski definition) is 2. The number of benzene rings is 2. The number of hydrogen-bond acceptors (Lipinski definition) is 4. The number of fused-ring (bicyclic) bond motifs is 3. The van der Waals surface area contributed by atoms with E-state index in [2.05, 4.69) is 15.6 Å². The molecule has 9 heteroatoms. The highest BCUT2D eigenvalue weighted by Crippen LogP contribution is 2.55. The van der Waals surface area contributed by atoms with Crippen molar-refractivity contribution in [3.05, 3.63) is 77.7 Å². The van der Waals surface area contributed by atoms with Gasteiger partial charge in [0.15, 0.2) is 11.6 Å². The lowest BCUT2D eigenvalue weighted by Crippen LogP contribution is -2.32. The molecule has 2 N–H and O–H groups in total. The monoisotopic (exact) mass is 427 g/mol. The van der Waals surface area contributed by atoms with Gasteiger partial charge in [0.2, 0.25) is 0 Å². The maximum atomic E-state index is 14.2. The molecule has 3 atom stereocenters. The molecule has 2 heterocycles. The topological polar surface area (TPSA) is 72.5 Å². The Morgan fingerprint density at radius 1 is 1.06 bits per heavy atom. The van der Waals surface area contributed by atoms with Crippen LogP contribution in [0, 0.1) is 23.4 Å². The second-order valence-electron chi connectivity index (χ2n) is 7.34. The molecule has 0 bridgehead atoms. The average molecular weight is 427 g/mol. The van der Waals surface area contributed by atoms with Gasteiger partial charge in [0.05, 0.1) is 12.8 Å². The van der Waals surface area contributed by atoms with Gasteiger partial charge in [-0.1, -0.05) is 6.07 Å². The van der Waals surface area contributed by atoms with E-state index in [0.29, 0.717) is 11.5 Å². The SMILES string of the molecule is O=C(Nc1ccc(Oc2cccc(F)c2)cn1)N[C@@H]1[C@@H]2COc3c(F)ccc(F)c3[C@@H]21. The number of amides is 2. The Morgan fingerprint density at radius 3 is 2.68 bits per heavy atom. The summed E-state index contributed by atoms with van der Waals surface area (Å²) in [6.07, 6.45) is 1.39. The molecule has 31 heavy (non-hydrogen) atoms. The maximum absolute atomic E-state index is 14.2. The van der Waals surface area contributed by atoms with E-state index >= 15 is 0 Å². The van der Waals surface area contributed by atoms with Gasteiger partial charge < -0.3 is 14.8 Å². The van der Waals surface area contributed by atoms with Gasteiger partial charge in [-0.2, -0.15) is 0 Å². The zero-order valence-electron chi connectivity index (χ0n) is 15.9. The number of anilines is 1. The third-order valence-electron chi connectivity index (χ3n) is 5.32. The van der Waals surface area contributed by atoms with Crippen molar-refractivity contribution >= 4 is 11.8 Å². The number of urea groups is 1. The summed E-state index contributed by atoms with van der Waals surface area (Å²) in [6.45, 7) is 0.202. The molecule has 3 aromatic rings. The van der Waals surface area contributed by atoms with Crippen LogP contribution in [-0.2, 0) is 0 Å². The fourth-order valence-corrected chi connectivity index (χ4v) is 3.84. The normalized spacial score (nSPS) is 20.7. The van der Waals surface area contributed by atoms with E-state index in [4.69, 9.17) is 9.47 Å². The predicted octanol–water partition coefficient (Wildman–Crippen LogP) is 4.59. The van der Waals surface area contributed by atoms with Crippen molar-refractivity contribution in [3.63, 3.8) is 0 Å². The van der Waals surface area contributed by atoms with Gasteiger partial charge in [-0.3, -0.25) is 5.32 Å².